The number of unbranched alkanes of at least 4 members (excludes halogenated alkanes) is 1. The molecule has 0 aromatic carbocycles. The molecule has 0 aromatic rings. The fraction of sp³-hybridized carbons (Fsp3) is 0.833. The SMILES string of the molecule is CC(=O)N[C@@H]1[C@@H](O)[C@H](O)[C@@H](CO)O[C@H]1O.O=C(O)CCCC[C@@H]1SC[C@@H]2NC(=O)N[C@@H]21. The van der Waals surface area contributed by atoms with E-state index in [1.807, 2.05) is 11.8 Å². The van der Waals surface area contributed by atoms with E-state index in [1.165, 1.54) is 6.92 Å². The molecule has 3 rings (SSSR count). The molecule has 0 aromatic heterocycles. The number of carbonyl (C=O) groups excluding carboxylic acids is 2. The van der Waals surface area contributed by atoms with E-state index in [0.717, 1.165) is 25.0 Å². The first-order valence-electron chi connectivity index (χ1n) is 10.1. The molecule has 0 saturated carbocycles. The number of carboxylic acids is 1. The summed E-state index contributed by atoms with van der Waals surface area (Å²) in [5, 5.41) is 54.2. The minimum Gasteiger partial charge on any atom is -0.481 e. The monoisotopic (exact) mass is 465 g/mol. The maximum Gasteiger partial charge on any atom is 0.315 e. The number of hydrogen-bond acceptors (Lipinski definition) is 9. The Labute approximate surface area is 183 Å². The third-order valence-electron chi connectivity index (χ3n) is 5.34. The van der Waals surface area contributed by atoms with Gasteiger partial charge in [0.15, 0.2) is 6.29 Å². The lowest BCUT2D eigenvalue weighted by Gasteiger charge is -2.40. The zero-order valence-corrected chi connectivity index (χ0v) is 18.0. The van der Waals surface area contributed by atoms with Gasteiger partial charge in [-0.3, -0.25) is 9.59 Å². The summed E-state index contributed by atoms with van der Waals surface area (Å²) >= 11 is 1.87. The summed E-state index contributed by atoms with van der Waals surface area (Å²) in [5.74, 6) is -0.225. The fourth-order valence-corrected chi connectivity index (χ4v) is 5.30. The van der Waals surface area contributed by atoms with Crippen molar-refractivity contribution in [1.82, 2.24) is 16.0 Å². The molecule has 3 heterocycles. The average Bonchev–Trinajstić information content (AvgIpc) is 3.25. The second-order valence-electron chi connectivity index (χ2n) is 7.72. The first-order chi connectivity index (χ1) is 14.6. The Morgan fingerprint density at radius 2 is 1.90 bits per heavy atom. The van der Waals surface area contributed by atoms with Gasteiger partial charge in [-0.1, -0.05) is 6.42 Å². The van der Waals surface area contributed by atoms with Gasteiger partial charge in [0.1, 0.15) is 24.4 Å². The number of aliphatic hydroxyl groups is 4. The number of carbonyl (C=O) groups is 3. The van der Waals surface area contributed by atoms with E-state index in [-0.39, 0.29) is 24.5 Å². The van der Waals surface area contributed by atoms with Crippen LogP contribution in [-0.2, 0) is 14.3 Å². The van der Waals surface area contributed by atoms with Crippen LogP contribution in [0, 0.1) is 0 Å². The van der Waals surface area contributed by atoms with Crippen LogP contribution in [0.4, 0.5) is 4.79 Å². The zero-order valence-electron chi connectivity index (χ0n) is 17.1. The average molecular weight is 466 g/mol. The molecule has 178 valence electrons. The maximum atomic E-state index is 11.1. The molecule has 31 heavy (non-hydrogen) atoms. The summed E-state index contributed by atoms with van der Waals surface area (Å²) < 4.78 is 4.81. The molecule has 8 atom stereocenters. The van der Waals surface area contributed by atoms with Crippen LogP contribution in [0.15, 0.2) is 0 Å². The van der Waals surface area contributed by atoms with Crippen molar-refractivity contribution in [2.24, 2.45) is 0 Å². The van der Waals surface area contributed by atoms with Gasteiger partial charge in [0, 0.05) is 24.3 Å². The molecule has 8 N–H and O–H groups in total. The van der Waals surface area contributed by atoms with E-state index in [2.05, 4.69) is 16.0 Å². The number of thioether (sulfide) groups is 1. The van der Waals surface area contributed by atoms with Crippen LogP contribution in [0.25, 0.3) is 0 Å². The highest BCUT2D eigenvalue weighted by Crippen LogP contribution is 2.33. The van der Waals surface area contributed by atoms with E-state index in [1.54, 1.807) is 0 Å². The molecule has 0 radical (unpaired) electrons. The van der Waals surface area contributed by atoms with E-state index in [4.69, 9.17) is 14.9 Å². The van der Waals surface area contributed by atoms with Gasteiger partial charge in [0.05, 0.1) is 18.7 Å². The Morgan fingerprint density at radius 3 is 2.52 bits per heavy atom. The lowest BCUT2D eigenvalue weighted by atomic mass is 9.97. The highest BCUT2D eigenvalue weighted by Gasteiger charge is 2.44. The standard InChI is InChI=1S/C10H16N2O3S.C8H15NO6/c13-8(14)4-2-1-3-7-9-6(5-16-7)11-10(15)12-9;1-3(11)9-5-7(13)6(12)4(2-10)15-8(5)14/h6-7,9H,1-5H2,(H,13,14)(H2,11,12,15);4-8,10,12-14H,2H2,1H3,(H,9,11)/t6-,7-,9-;4-,5-,6-,7-,8-/m01/s1. The second-order valence-corrected chi connectivity index (χ2v) is 8.99. The molecule has 0 unspecified atom stereocenters. The Balaban J connectivity index is 0.000000221. The third-order valence-corrected chi connectivity index (χ3v) is 6.85. The summed E-state index contributed by atoms with van der Waals surface area (Å²) in [6.07, 6.45) is -2.36. The van der Waals surface area contributed by atoms with Gasteiger partial charge < -0.3 is 46.2 Å². The second kappa shape index (κ2) is 11.8. The quantitative estimate of drug-likeness (QED) is 0.150. The molecule has 3 aliphatic rings. The molecular weight excluding hydrogens is 434 g/mol. The molecule has 3 saturated heterocycles. The summed E-state index contributed by atoms with van der Waals surface area (Å²) in [7, 11) is 0. The first kappa shape index (κ1) is 25.6. The fourth-order valence-electron chi connectivity index (χ4n) is 3.75. The van der Waals surface area contributed by atoms with Gasteiger partial charge in [-0.15, -0.1) is 0 Å². The third kappa shape index (κ3) is 7.19. The molecule has 3 fully saturated rings. The van der Waals surface area contributed by atoms with E-state index in [9.17, 15) is 29.7 Å². The van der Waals surface area contributed by atoms with Gasteiger partial charge in [-0.25, -0.2) is 4.79 Å². The molecule has 0 bridgehead atoms. The minimum absolute atomic E-state index is 0.0640. The molecule has 0 spiro atoms. The number of aliphatic carboxylic acids is 1. The van der Waals surface area contributed by atoms with Crippen molar-refractivity contribution in [2.75, 3.05) is 12.4 Å². The number of aliphatic hydroxyl groups excluding tert-OH is 4. The van der Waals surface area contributed by atoms with Gasteiger partial charge in [0.2, 0.25) is 5.91 Å². The maximum absolute atomic E-state index is 11.1. The summed E-state index contributed by atoms with van der Waals surface area (Å²) in [6, 6.07) is -0.657. The number of hydrogen-bond donors (Lipinski definition) is 8. The van der Waals surface area contributed by atoms with Crippen LogP contribution < -0.4 is 16.0 Å². The lowest BCUT2D eigenvalue weighted by Crippen LogP contribution is -2.63. The van der Waals surface area contributed by atoms with Gasteiger partial charge >= 0.3 is 12.0 Å². The van der Waals surface area contributed by atoms with Gasteiger partial charge in [-0.2, -0.15) is 11.8 Å². The topological polar surface area (TPSA) is 198 Å². The number of urea groups is 1. The van der Waals surface area contributed by atoms with Crippen LogP contribution in [-0.4, -0.2) is 104 Å². The van der Waals surface area contributed by atoms with Crippen molar-refractivity contribution in [3.8, 4) is 0 Å². The number of ether oxygens (including phenoxy) is 1. The largest absolute Gasteiger partial charge is 0.481 e. The van der Waals surface area contributed by atoms with Crippen LogP contribution in [0.5, 0.6) is 0 Å². The van der Waals surface area contributed by atoms with Crippen LogP contribution >= 0.6 is 11.8 Å². The Kier molecular flexibility index (Phi) is 9.78. The highest BCUT2D eigenvalue weighted by atomic mass is 32.2. The van der Waals surface area contributed by atoms with Crippen LogP contribution in [0.3, 0.4) is 0 Å². The van der Waals surface area contributed by atoms with E-state index >= 15 is 0 Å². The summed E-state index contributed by atoms with van der Waals surface area (Å²) in [5.41, 5.74) is 0. The van der Waals surface area contributed by atoms with Crippen molar-refractivity contribution >= 4 is 29.7 Å². The molecule has 3 amide bonds. The van der Waals surface area contributed by atoms with E-state index < -0.39 is 49.1 Å². The molecule has 12 nitrogen and oxygen atoms in total. The molecule has 3 aliphatic heterocycles. The van der Waals surface area contributed by atoms with Crippen molar-refractivity contribution in [2.45, 2.75) is 80.6 Å². The molecule has 0 aliphatic carbocycles. The van der Waals surface area contributed by atoms with Crippen molar-refractivity contribution in [3.63, 3.8) is 0 Å². The predicted molar refractivity (Wildman–Crippen MR) is 109 cm³/mol. The van der Waals surface area contributed by atoms with Gasteiger partial charge in [-0.05, 0) is 12.8 Å². The lowest BCUT2D eigenvalue weighted by molar-refractivity contribution is -0.253. The van der Waals surface area contributed by atoms with E-state index in [0.29, 0.717) is 5.25 Å². The number of carboxylic acid groups (broad SMARTS) is 1. The Hall–Kier alpha value is -1.64. The highest BCUT2D eigenvalue weighted by molar-refractivity contribution is 8.00. The first-order valence-corrected chi connectivity index (χ1v) is 11.2. The van der Waals surface area contributed by atoms with Crippen molar-refractivity contribution < 1.29 is 44.7 Å². The molecular formula is C18H31N3O9S. The summed E-state index contributed by atoms with van der Waals surface area (Å²) in [6.45, 7) is 0.687. The number of rotatable bonds is 7. The van der Waals surface area contributed by atoms with Crippen molar-refractivity contribution in [3.05, 3.63) is 0 Å². The van der Waals surface area contributed by atoms with Gasteiger partial charge in [0.25, 0.3) is 0 Å². The van der Waals surface area contributed by atoms with Crippen LogP contribution in [0.1, 0.15) is 32.6 Å². The van der Waals surface area contributed by atoms with Crippen molar-refractivity contribution in [1.29, 1.82) is 0 Å². The molecule has 13 heteroatoms. The number of fused-ring (bicyclic) bond motifs is 1. The predicted octanol–water partition coefficient (Wildman–Crippen LogP) is -2.28. The Morgan fingerprint density at radius 1 is 1.19 bits per heavy atom. The number of amides is 3. The normalized spacial score (nSPS) is 36.5. The number of nitrogens with one attached hydrogen (secondary N) is 3. The summed E-state index contributed by atoms with van der Waals surface area (Å²) in [4.78, 5) is 32.2. The Bertz CT molecular complexity index is 640. The zero-order chi connectivity index (χ0) is 23.1. The minimum atomic E-state index is -1.45. The smallest absolute Gasteiger partial charge is 0.315 e. The van der Waals surface area contributed by atoms with Crippen LogP contribution in [0.2, 0.25) is 0 Å².